The summed E-state index contributed by atoms with van der Waals surface area (Å²) in [7, 11) is -13.4. The zero-order valence-corrected chi connectivity index (χ0v) is 40.2. The van der Waals surface area contributed by atoms with Gasteiger partial charge in [-0.25, -0.2) is 25.3 Å². The average Bonchev–Trinajstić information content (AvgIpc) is 3.14. The van der Waals surface area contributed by atoms with Crippen LogP contribution >= 0.6 is 0 Å². The Bertz CT molecular complexity index is 1660. The quantitative estimate of drug-likeness (QED) is 0.134. The van der Waals surface area contributed by atoms with E-state index >= 15 is 0 Å². The fourth-order valence-electron chi connectivity index (χ4n) is 4.72. The molecule has 1 saturated carbocycles. The predicted octanol–water partition coefficient (Wildman–Crippen LogP) is -1.04. The van der Waals surface area contributed by atoms with E-state index in [1.54, 1.807) is 33.3 Å². The minimum Gasteiger partial charge on any atom is -0.741 e. The first-order chi connectivity index (χ1) is 28.9. The summed E-state index contributed by atoms with van der Waals surface area (Å²) in [5.74, 6) is -0.128. The number of nitrogens with zero attached hydrogens (tertiary/aromatic N) is 6. The fraction of sp³-hybridized carbons (Fsp3) is 0.833. The van der Waals surface area contributed by atoms with Crippen LogP contribution in [0.15, 0.2) is 0 Å². The molecule has 0 aromatic rings. The maximum atomic E-state index is 12.1. The number of amides is 3. The number of hydrogen-bond donors (Lipinski definition) is 4. The van der Waals surface area contributed by atoms with Crippen LogP contribution in [0, 0.1) is 72.0 Å². The van der Waals surface area contributed by atoms with Gasteiger partial charge in [0.1, 0.15) is 0 Å². The number of rotatable bonds is 7. The smallest absolute Gasteiger partial charge is 0.741 e. The Morgan fingerprint density at radius 3 is 0.954 bits per heavy atom. The Morgan fingerprint density at radius 1 is 0.569 bits per heavy atom. The van der Waals surface area contributed by atoms with E-state index in [1.807, 2.05) is 0 Å². The third kappa shape index (κ3) is 36.6. The monoisotopic (exact) mass is 1170 g/mol. The van der Waals surface area contributed by atoms with Crippen molar-refractivity contribution < 1.29 is 147 Å². The molecule has 0 spiro atoms. The number of nitrogens with one attached hydrogen (secondary N) is 3. The van der Waals surface area contributed by atoms with Crippen molar-refractivity contribution in [1.29, 1.82) is 10.5 Å². The first-order valence-corrected chi connectivity index (χ1v) is 22.1. The molecule has 382 valence electrons. The van der Waals surface area contributed by atoms with Gasteiger partial charge in [0.15, 0.2) is 30.4 Å². The molecule has 1 aliphatic heterocycles. The summed E-state index contributed by atoms with van der Waals surface area (Å²) in [6.45, 7) is 9.20. The standard InChI is InChI=1S/C23H45N7O4.2C2H3N.3CHF3O3S.Eu/c1-24-21(32)16-27-8-10-28(17-22(33)25-2)12-14-30(19-6-4-5-7-20(19)31)15-13-29(11-9-27)18-23(34)26-3;2*1-2-3;3*2-1(3,4)8(5,6)7;/h19-20,31H,4-18H2,1-3H3,(H,24,32)(H,25,33)(H,26,34);2*1H3;3*(H,5,6,7);/q;;;;;;+3/p-3/t19-,20-;;;;;;/m1....../s1. The second-order valence-corrected chi connectivity index (χ2v) is 16.6. The van der Waals surface area contributed by atoms with Crippen molar-refractivity contribution in [2.24, 2.45) is 0 Å². The molecule has 0 radical (unpaired) electrons. The summed E-state index contributed by atoms with van der Waals surface area (Å²) < 4.78 is 177. The van der Waals surface area contributed by atoms with Crippen LogP contribution in [0.3, 0.4) is 0 Å². The molecule has 1 aliphatic carbocycles. The first kappa shape index (κ1) is 71.9. The molecule has 2 aliphatic rings. The van der Waals surface area contributed by atoms with Gasteiger partial charge in [0.25, 0.3) is 0 Å². The van der Waals surface area contributed by atoms with E-state index in [1.165, 1.54) is 13.8 Å². The number of aliphatic hydroxyl groups is 1. The van der Waals surface area contributed by atoms with Gasteiger partial charge in [0.2, 0.25) is 17.7 Å². The molecule has 3 amide bonds. The Balaban J connectivity index is -0.000000312. The second kappa shape index (κ2) is 35.1. The third-order valence-corrected chi connectivity index (χ3v) is 9.52. The minimum absolute atomic E-state index is 0. The van der Waals surface area contributed by atoms with Crippen LogP contribution in [0.25, 0.3) is 0 Å². The Kier molecular flexibility index (Phi) is 38.8. The van der Waals surface area contributed by atoms with Crippen LogP contribution in [0.1, 0.15) is 39.5 Å². The maximum absolute atomic E-state index is 12.1. The van der Waals surface area contributed by atoms with Crippen molar-refractivity contribution in [3.8, 4) is 12.1 Å². The molecule has 2 fully saturated rings. The van der Waals surface area contributed by atoms with Gasteiger partial charge in [-0.15, -0.1) is 0 Å². The molecule has 22 nitrogen and oxygen atoms in total. The van der Waals surface area contributed by atoms with Gasteiger partial charge >= 0.3 is 65.9 Å². The van der Waals surface area contributed by atoms with Crippen LogP contribution in [0.5, 0.6) is 0 Å². The van der Waals surface area contributed by atoms with Crippen LogP contribution in [0.2, 0.25) is 0 Å². The third-order valence-electron chi connectivity index (χ3n) is 7.82. The summed E-state index contributed by atoms with van der Waals surface area (Å²) in [4.78, 5) is 45.0. The number of hydrogen-bond acceptors (Lipinski definition) is 19. The number of likely N-dealkylation sites (N-methyl/N-ethyl adjacent to an activating group) is 3. The fourth-order valence-corrected chi connectivity index (χ4v) is 4.72. The van der Waals surface area contributed by atoms with Crippen LogP contribution < -0.4 is 16.0 Å². The van der Waals surface area contributed by atoms with Gasteiger partial charge in [0, 0.05) is 93.4 Å². The number of aliphatic hydroxyl groups excluding tert-OH is 1. The Hall–Kier alpha value is -2.13. The van der Waals surface area contributed by atoms with Crippen LogP contribution in [-0.4, -0.2) is 203 Å². The number of halogens is 9. The van der Waals surface area contributed by atoms with Gasteiger partial charge < -0.3 is 34.7 Å². The van der Waals surface area contributed by atoms with Crippen molar-refractivity contribution in [3.05, 3.63) is 0 Å². The van der Waals surface area contributed by atoms with Crippen molar-refractivity contribution in [1.82, 2.24) is 35.6 Å². The van der Waals surface area contributed by atoms with Gasteiger partial charge in [0.05, 0.1) is 37.9 Å². The number of alkyl halides is 9. The molecule has 35 heteroatoms. The molecule has 1 heterocycles. The molecule has 65 heavy (non-hydrogen) atoms. The topological polar surface area (TPSA) is 340 Å². The molecular weight excluding hydrogens is 1110 g/mol. The summed E-state index contributed by atoms with van der Waals surface area (Å²) >= 11 is 0. The SMILES string of the molecule is CC#N.CC#N.CNC(=O)CN1CCN(CC(=O)NC)CCN([C@@H]2CCCC[C@H]2O)CCN(CC(=O)NC)CC1.O=S(=O)([O-])C(F)(F)F.O=S(=O)([O-])C(F)(F)F.O=S(=O)([O-])C(F)(F)F.[Eu+3]. The van der Waals surface area contributed by atoms with Crippen molar-refractivity contribution in [2.75, 3.05) is 93.1 Å². The zero-order valence-electron chi connectivity index (χ0n) is 35.3. The number of nitriles is 2. The molecule has 0 bridgehead atoms. The van der Waals surface area contributed by atoms with E-state index < -0.39 is 46.9 Å². The maximum Gasteiger partial charge on any atom is 3.00 e. The molecule has 0 aromatic carbocycles. The summed E-state index contributed by atoms with van der Waals surface area (Å²) in [6.07, 6.45) is 3.60. The predicted molar refractivity (Wildman–Crippen MR) is 201 cm³/mol. The number of carbonyl (C=O) groups is 3. The Morgan fingerprint density at radius 2 is 0.769 bits per heavy atom. The van der Waals surface area contributed by atoms with Crippen molar-refractivity contribution in [2.45, 2.75) is 68.2 Å². The molecule has 0 aromatic heterocycles. The molecule has 2 atom stereocenters. The number of carbonyl (C=O) groups excluding carboxylic acids is 3. The van der Waals surface area contributed by atoms with E-state index in [0.29, 0.717) is 52.4 Å². The molecule has 2 rings (SSSR count). The van der Waals surface area contributed by atoms with Gasteiger partial charge in [-0.1, -0.05) is 12.8 Å². The summed E-state index contributed by atoms with van der Waals surface area (Å²) in [5.41, 5.74) is -16.9. The molecule has 1 saturated heterocycles. The van der Waals surface area contributed by atoms with Crippen molar-refractivity contribution >= 4 is 48.1 Å². The largest absolute Gasteiger partial charge is 3.00 e. The van der Waals surface area contributed by atoms with E-state index in [4.69, 9.17) is 49.4 Å². The van der Waals surface area contributed by atoms with E-state index in [9.17, 15) is 59.0 Å². The van der Waals surface area contributed by atoms with E-state index in [0.717, 1.165) is 38.8 Å². The van der Waals surface area contributed by atoms with Crippen molar-refractivity contribution in [3.63, 3.8) is 0 Å². The second-order valence-electron chi connectivity index (χ2n) is 12.4. The average molecular weight is 1160 g/mol. The molecule has 4 N–H and O–H groups in total. The first-order valence-electron chi connectivity index (χ1n) is 17.8. The van der Waals surface area contributed by atoms with E-state index in [2.05, 4.69) is 35.6 Å². The zero-order chi connectivity index (χ0) is 51.3. The van der Waals surface area contributed by atoms with Crippen LogP contribution in [-0.2, 0) is 44.7 Å². The summed E-state index contributed by atoms with van der Waals surface area (Å²) in [5, 5.41) is 33.4. The van der Waals surface area contributed by atoms with Gasteiger partial charge in [-0.3, -0.25) is 34.0 Å². The molecular formula is C30H51EuF9N9O13S3. The van der Waals surface area contributed by atoms with Gasteiger partial charge in [-0.2, -0.15) is 50.0 Å². The van der Waals surface area contributed by atoms with Crippen LogP contribution in [0.4, 0.5) is 39.5 Å². The Labute approximate surface area is 412 Å². The summed E-state index contributed by atoms with van der Waals surface area (Å²) in [6, 6.07) is 3.60. The van der Waals surface area contributed by atoms with Gasteiger partial charge in [-0.05, 0) is 12.8 Å². The normalized spacial score (nSPS) is 18.5. The minimum atomic E-state index is -6.09. The van der Waals surface area contributed by atoms with E-state index in [-0.39, 0.29) is 85.8 Å². The molecule has 0 unspecified atom stereocenters.